The van der Waals surface area contributed by atoms with Crippen LogP contribution in [0.4, 0.5) is 4.39 Å². The fourth-order valence-electron chi connectivity index (χ4n) is 5.70. The minimum atomic E-state index is -3.18. The van der Waals surface area contributed by atoms with E-state index in [1.165, 1.54) is 20.3 Å². The summed E-state index contributed by atoms with van der Waals surface area (Å²) in [4.78, 5) is 17.4. The average Bonchev–Trinajstić information content (AvgIpc) is 3.45. The number of rotatable bonds is 9. The molecule has 0 amide bonds. The minimum absolute atomic E-state index is 0.280. The molecule has 2 aliphatic heterocycles. The van der Waals surface area contributed by atoms with Crippen LogP contribution < -0.4 is 9.47 Å². The molecule has 42 heavy (non-hydrogen) atoms. The number of aromatic nitrogens is 1. The van der Waals surface area contributed by atoms with E-state index >= 15 is 4.39 Å². The number of ether oxygens (including phenoxy) is 2. The number of hydrogen-bond donors (Lipinski definition) is 2. The van der Waals surface area contributed by atoms with Gasteiger partial charge >= 0.3 is 5.97 Å². The third kappa shape index (κ3) is 6.28. The average molecular weight is 599 g/mol. The number of fused-ring (bicyclic) bond motifs is 1. The smallest absolute Gasteiger partial charge is 0.309 e. The number of aliphatic hydroxyl groups is 1. The summed E-state index contributed by atoms with van der Waals surface area (Å²) < 4.78 is 51.0. The Morgan fingerprint density at radius 1 is 1.19 bits per heavy atom. The van der Waals surface area contributed by atoms with E-state index in [2.05, 4.69) is 9.88 Å². The SMILES string of the molecule is COc1cc(-c2ccc(C3CCc4ccc([C@H](O)[C@H](C)C(=O)O)cc4O3)cc2CN2CC[C@@H](S(C)(=O)=O)C2)c(F)cn1. The predicted octanol–water partition coefficient (Wildman–Crippen LogP) is 4.34. The van der Waals surface area contributed by atoms with Crippen LogP contribution in [0.15, 0.2) is 48.7 Å². The number of halogens is 1. The third-order valence-electron chi connectivity index (χ3n) is 8.30. The number of aryl methyl sites for hydroxylation is 1. The van der Waals surface area contributed by atoms with Crippen molar-refractivity contribution in [3.05, 3.63) is 76.7 Å². The Balaban J connectivity index is 1.47. The first-order valence-electron chi connectivity index (χ1n) is 13.9. The van der Waals surface area contributed by atoms with E-state index in [9.17, 15) is 23.4 Å². The quantitative estimate of drug-likeness (QED) is 0.370. The summed E-state index contributed by atoms with van der Waals surface area (Å²) in [5.74, 6) is -1.69. The number of nitrogens with zero attached hydrogens (tertiary/aromatic N) is 2. The number of aliphatic carboxylic acids is 1. The zero-order chi connectivity index (χ0) is 30.2. The van der Waals surface area contributed by atoms with Gasteiger partial charge in [0.15, 0.2) is 9.84 Å². The van der Waals surface area contributed by atoms with Gasteiger partial charge in [0.25, 0.3) is 0 Å². The van der Waals surface area contributed by atoms with Crippen molar-refractivity contribution in [3.63, 3.8) is 0 Å². The Kier molecular flexibility index (Phi) is 8.54. The second-order valence-corrected chi connectivity index (χ2v) is 13.5. The molecule has 1 fully saturated rings. The van der Waals surface area contributed by atoms with Crippen LogP contribution in [-0.2, 0) is 27.6 Å². The van der Waals surface area contributed by atoms with Gasteiger partial charge in [0.1, 0.15) is 17.7 Å². The molecule has 2 aromatic carbocycles. The van der Waals surface area contributed by atoms with Gasteiger partial charge in [-0.05, 0) is 66.6 Å². The molecule has 3 aromatic rings. The maximum absolute atomic E-state index is 15.0. The fraction of sp³-hybridized carbons (Fsp3) is 0.419. The van der Waals surface area contributed by atoms with Gasteiger partial charge in [0.2, 0.25) is 5.88 Å². The summed E-state index contributed by atoms with van der Waals surface area (Å²) in [6.45, 7) is 2.89. The van der Waals surface area contributed by atoms with Gasteiger partial charge in [-0.1, -0.05) is 30.3 Å². The highest BCUT2D eigenvalue weighted by molar-refractivity contribution is 7.91. The number of carbonyl (C=O) groups is 1. The van der Waals surface area contributed by atoms with E-state index in [0.717, 1.165) is 29.3 Å². The van der Waals surface area contributed by atoms with Gasteiger partial charge in [-0.15, -0.1) is 0 Å². The number of carboxylic acids is 1. The molecule has 1 aromatic heterocycles. The molecule has 11 heteroatoms. The van der Waals surface area contributed by atoms with Crippen LogP contribution in [0.5, 0.6) is 11.6 Å². The summed E-state index contributed by atoms with van der Waals surface area (Å²) >= 11 is 0. The zero-order valence-electron chi connectivity index (χ0n) is 23.8. The summed E-state index contributed by atoms with van der Waals surface area (Å²) in [7, 11) is -1.71. The number of pyridine rings is 1. The van der Waals surface area contributed by atoms with E-state index in [4.69, 9.17) is 9.47 Å². The zero-order valence-corrected chi connectivity index (χ0v) is 24.6. The number of aliphatic hydroxyl groups excluding tert-OH is 1. The second kappa shape index (κ2) is 12.0. The number of methoxy groups -OCH3 is 1. The van der Waals surface area contributed by atoms with Crippen molar-refractivity contribution in [2.45, 2.75) is 50.2 Å². The molecule has 0 bridgehead atoms. The number of hydrogen-bond acceptors (Lipinski definition) is 8. The van der Waals surface area contributed by atoms with Crippen molar-refractivity contribution in [2.24, 2.45) is 5.92 Å². The Morgan fingerprint density at radius 2 is 1.98 bits per heavy atom. The standard InChI is InChI=1S/C31H35FN2O7S/c1-18(31(36)37)30(35)21-5-4-19-7-9-27(41-28(19)13-21)20-6-8-24(25-14-29(40-2)33-15-26(25)32)22(12-20)16-34-11-10-23(17-34)42(3,38)39/h4-6,8,12-15,18,23,27,30,35H,7,9-11,16-17H2,1-3H3,(H,36,37)/t18-,23+,27?,30+/m0/s1. The van der Waals surface area contributed by atoms with Gasteiger partial charge in [-0.3, -0.25) is 9.69 Å². The van der Waals surface area contributed by atoms with Gasteiger partial charge in [-0.2, -0.15) is 0 Å². The summed E-state index contributed by atoms with van der Waals surface area (Å²) in [5.41, 5.74) is 4.13. The summed E-state index contributed by atoms with van der Waals surface area (Å²) in [6, 6.07) is 12.6. The summed E-state index contributed by atoms with van der Waals surface area (Å²) in [5, 5.41) is 19.4. The lowest BCUT2D eigenvalue weighted by atomic mass is 9.91. The van der Waals surface area contributed by atoms with Crippen molar-refractivity contribution in [3.8, 4) is 22.8 Å². The molecule has 0 aliphatic carbocycles. The van der Waals surface area contributed by atoms with E-state index in [1.54, 1.807) is 18.2 Å². The minimum Gasteiger partial charge on any atom is -0.485 e. The van der Waals surface area contributed by atoms with E-state index < -0.39 is 38.9 Å². The van der Waals surface area contributed by atoms with E-state index in [0.29, 0.717) is 54.9 Å². The van der Waals surface area contributed by atoms with Crippen LogP contribution in [0.2, 0.25) is 0 Å². The number of sulfone groups is 1. The second-order valence-electron chi connectivity index (χ2n) is 11.2. The molecule has 0 radical (unpaired) electrons. The Labute approximate surface area is 244 Å². The van der Waals surface area contributed by atoms with Crippen molar-refractivity contribution < 1.29 is 37.3 Å². The Bertz CT molecular complexity index is 1600. The molecule has 224 valence electrons. The molecule has 2 aliphatic rings. The van der Waals surface area contributed by atoms with Gasteiger partial charge in [-0.25, -0.2) is 17.8 Å². The van der Waals surface area contributed by atoms with Crippen molar-refractivity contribution in [2.75, 3.05) is 26.5 Å². The fourth-order valence-corrected chi connectivity index (χ4v) is 6.72. The van der Waals surface area contributed by atoms with E-state index in [1.807, 2.05) is 24.3 Å². The maximum atomic E-state index is 15.0. The van der Waals surface area contributed by atoms with Gasteiger partial charge in [0.05, 0.1) is 30.6 Å². The monoisotopic (exact) mass is 598 g/mol. The third-order valence-corrected chi connectivity index (χ3v) is 9.90. The summed E-state index contributed by atoms with van der Waals surface area (Å²) in [6.07, 6.45) is 2.84. The maximum Gasteiger partial charge on any atom is 0.309 e. The highest BCUT2D eigenvalue weighted by Crippen LogP contribution is 2.39. The first-order valence-corrected chi connectivity index (χ1v) is 15.8. The molecule has 0 saturated carbocycles. The molecular formula is C31H35FN2O7S. The molecule has 4 atom stereocenters. The Hall–Kier alpha value is -3.54. The van der Waals surface area contributed by atoms with Crippen LogP contribution in [0.1, 0.15) is 54.2 Å². The topological polar surface area (TPSA) is 126 Å². The number of likely N-dealkylation sites (tertiary alicyclic amines) is 1. The molecule has 0 spiro atoms. The lowest BCUT2D eigenvalue weighted by molar-refractivity contribution is -0.145. The number of carboxylic acid groups (broad SMARTS) is 1. The van der Waals surface area contributed by atoms with Gasteiger partial charge in [0, 0.05) is 31.0 Å². The van der Waals surface area contributed by atoms with Crippen LogP contribution >= 0.6 is 0 Å². The van der Waals surface area contributed by atoms with Crippen LogP contribution in [0.25, 0.3) is 11.1 Å². The van der Waals surface area contributed by atoms with Gasteiger partial charge < -0.3 is 19.7 Å². The van der Waals surface area contributed by atoms with Crippen molar-refractivity contribution >= 4 is 15.8 Å². The molecule has 5 rings (SSSR count). The van der Waals surface area contributed by atoms with Crippen LogP contribution in [0.3, 0.4) is 0 Å². The van der Waals surface area contributed by atoms with Crippen LogP contribution in [-0.4, -0.2) is 66.2 Å². The van der Waals surface area contributed by atoms with E-state index in [-0.39, 0.29) is 12.0 Å². The largest absolute Gasteiger partial charge is 0.485 e. The molecular weight excluding hydrogens is 563 g/mol. The van der Waals surface area contributed by atoms with Crippen molar-refractivity contribution in [1.82, 2.24) is 9.88 Å². The molecule has 2 N–H and O–H groups in total. The first kappa shape index (κ1) is 29.9. The molecule has 9 nitrogen and oxygen atoms in total. The lowest BCUT2D eigenvalue weighted by Crippen LogP contribution is -2.26. The highest BCUT2D eigenvalue weighted by Gasteiger charge is 2.31. The molecule has 1 unspecified atom stereocenters. The number of benzene rings is 2. The molecule has 3 heterocycles. The first-order chi connectivity index (χ1) is 19.9. The normalized spacial score (nSPS) is 20.4. The van der Waals surface area contributed by atoms with Crippen molar-refractivity contribution in [1.29, 1.82) is 0 Å². The molecule has 1 saturated heterocycles. The predicted molar refractivity (Wildman–Crippen MR) is 155 cm³/mol. The Morgan fingerprint density at radius 3 is 2.67 bits per heavy atom. The lowest BCUT2D eigenvalue weighted by Gasteiger charge is -2.29. The van der Waals surface area contributed by atoms with Crippen LogP contribution in [0, 0.1) is 11.7 Å². The highest BCUT2D eigenvalue weighted by atomic mass is 32.2.